The van der Waals surface area contributed by atoms with Gasteiger partial charge in [0.15, 0.2) is 17.4 Å². The first kappa shape index (κ1) is 15.4. The van der Waals surface area contributed by atoms with Crippen molar-refractivity contribution < 1.29 is 9.47 Å². The average Bonchev–Trinajstić information content (AvgIpc) is 2.63. The van der Waals surface area contributed by atoms with Crippen molar-refractivity contribution in [3.05, 3.63) is 42.7 Å². The summed E-state index contributed by atoms with van der Waals surface area (Å²) < 4.78 is 10.9. The quantitative estimate of drug-likeness (QED) is 0.790. The third kappa shape index (κ3) is 3.65. The van der Waals surface area contributed by atoms with E-state index in [1.54, 1.807) is 0 Å². The van der Waals surface area contributed by atoms with Crippen LogP contribution in [0.3, 0.4) is 0 Å². The SMILES string of the molecule is C=C(OCC)c1nc(-c2ccccc2)nc(N2CCOCC2)n1. The topological polar surface area (TPSA) is 60.4 Å². The maximum atomic E-state index is 5.47. The molecule has 1 aromatic carbocycles. The fraction of sp³-hybridized carbons (Fsp3) is 0.353. The summed E-state index contributed by atoms with van der Waals surface area (Å²) in [6, 6.07) is 9.85. The minimum Gasteiger partial charge on any atom is -0.491 e. The largest absolute Gasteiger partial charge is 0.491 e. The van der Waals surface area contributed by atoms with Crippen LogP contribution < -0.4 is 4.90 Å². The molecule has 1 aromatic heterocycles. The highest BCUT2D eigenvalue weighted by atomic mass is 16.5. The van der Waals surface area contributed by atoms with E-state index in [0.717, 1.165) is 18.7 Å². The molecule has 0 radical (unpaired) electrons. The Hall–Kier alpha value is -2.47. The lowest BCUT2D eigenvalue weighted by Crippen LogP contribution is -2.37. The van der Waals surface area contributed by atoms with Gasteiger partial charge in [-0.05, 0) is 6.92 Å². The molecule has 3 rings (SSSR count). The molecule has 6 nitrogen and oxygen atoms in total. The molecule has 0 spiro atoms. The summed E-state index contributed by atoms with van der Waals surface area (Å²) >= 11 is 0. The van der Waals surface area contributed by atoms with Crippen LogP contribution in [0, 0.1) is 0 Å². The van der Waals surface area contributed by atoms with Crippen molar-refractivity contribution >= 4 is 11.7 Å². The van der Waals surface area contributed by atoms with Gasteiger partial charge in [0.1, 0.15) is 0 Å². The van der Waals surface area contributed by atoms with E-state index in [9.17, 15) is 0 Å². The van der Waals surface area contributed by atoms with Gasteiger partial charge < -0.3 is 14.4 Å². The summed E-state index contributed by atoms with van der Waals surface area (Å²) in [6.45, 7) is 9.23. The first-order valence-corrected chi connectivity index (χ1v) is 7.74. The van der Waals surface area contributed by atoms with Gasteiger partial charge in [-0.2, -0.15) is 9.97 Å². The highest BCUT2D eigenvalue weighted by Crippen LogP contribution is 2.21. The highest BCUT2D eigenvalue weighted by molar-refractivity contribution is 5.60. The third-order valence-corrected chi connectivity index (χ3v) is 3.52. The summed E-state index contributed by atoms with van der Waals surface area (Å²) in [4.78, 5) is 15.8. The summed E-state index contributed by atoms with van der Waals surface area (Å²) in [7, 11) is 0. The van der Waals surface area contributed by atoms with Crippen LogP contribution in [0.4, 0.5) is 5.95 Å². The van der Waals surface area contributed by atoms with Crippen LogP contribution in [0.2, 0.25) is 0 Å². The highest BCUT2D eigenvalue weighted by Gasteiger charge is 2.18. The Morgan fingerprint density at radius 2 is 1.91 bits per heavy atom. The molecule has 23 heavy (non-hydrogen) atoms. The van der Waals surface area contributed by atoms with Crippen LogP contribution in [-0.2, 0) is 9.47 Å². The number of hydrogen-bond acceptors (Lipinski definition) is 6. The first-order valence-electron chi connectivity index (χ1n) is 7.74. The van der Waals surface area contributed by atoms with Gasteiger partial charge in [0.25, 0.3) is 0 Å². The number of morpholine rings is 1. The smallest absolute Gasteiger partial charge is 0.229 e. The molecule has 1 aliphatic rings. The second-order valence-corrected chi connectivity index (χ2v) is 5.10. The molecule has 2 heterocycles. The van der Waals surface area contributed by atoms with Gasteiger partial charge in [0.05, 0.1) is 19.8 Å². The molecule has 1 saturated heterocycles. The van der Waals surface area contributed by atoms with Crippen LogP contribution in [0.25, 0.3) is 17.1 Å². The molecule has 0 unspecified atom stereocenters. The van der Waals surface area contributed by atoms with Gasteiger partial charge in [-0.25, -0.2) is 4.98 Å². The van der Waals surface area contributed by atoms with Crippen LogP contribution >= 0.6 is 0 Å². The van der Waals surface area contributed by atoms with Gasteiger partial charge in [-0.1, -0.05) is 36.9 Å². The van der Waals surface area contributed by atoms with Crippen molar-refractivity contribution in [2.24, 2.45) is 0 Å². The van der Waals surface area contributed by atoms with Crippen molar-refractivity contribution in [1.29, 1.82) is 0 Å². The summed E-state index contributed by atoms with van der Waals surface area (Å²) in [5.74, 6) is 2.19. The molecule has 0 N–H and O–H groups in total. The normalized spacial score (nSPS) is 14.6. The zero-order valence-corrected chi connectivity index (χ0v) is 13.2. The zero-order chi connectivity index (χ0) is 16.1. The molecule has 2 aromatic rings. The van der Waals surface area contributed by atoms with Crippen LogP contribution in [-0.4, -0.2) is 47.9 Å². The maximum Gasteiger partial charge on any atom is 0.229 e. The van der Waals surface area contributed by atoms with Gasteiger partial charge in [0.2, 0.25) is 5.95 Å². The first-order chi connectivity index (χ1) is 11.3. The molecule has 120 valence electrons. The van der Waals surface area contributed by atoms with Crippen molar-refractivity contribution in [2.45, 2.75) is 6.92 Å². The van der Waals surface area contributed by atoms with Crippen molar-refractivity contribution in [1.82, 2.24) is 15.0 Å². The summed E-state index contributed by atoms with van der Waals surface area (Å²) in [5, 5.41) is 0. The molecular formula is C17H20N4O2. The number of anilines is 1. The van der Waals surface area contributed by atoms with Crippen LogP contribution in [0.1, 0.15) is 12.7 Å². The number of aromatic nitrogens is 3. The molecule has 0 bridgehead atoms. The fourth-order valence-electron chi connectivity index (χ4n) is 2.35. The van der Waals surface area contributed by atoms with Crippen LogP contribution in [0.5, 0.6) is 0 Å². The predicted octanol–water partition coefficient (Wildman–Crippen LogP) is 2.38. The maximum absolute atomic E-state index is 5.47. The Kier molecular flexibility index (Phi) is 4.83. The molecule has 0 saturated carbocycles. The average molecular weight is 312 g/mol. The standard InChI is InChI=1S/C17H20N4O2/c1-3-23-13(2)15-18-16(14-7-5-4-6-8-14)20-17(19-15)21-9-11-22-12-10-21/h4-8H,2-3,9-12H2,1H3. The molecular weight excluding hydrogens is 292 g/mol. The summed E-state index contributed by atoms with van der Waals surface area (Å²) in [5.41, 5.74) is 0.940. The number of ether oxygens (including phenoxy) is 2. The van der Waals surface area contributed by atoms with Gasteiger partial charge in [0, 0.05) is 18.7 Å². The molecule has 0 amide bonds. The third-order valence-electron chi connectivity index (χ3n) is 3.52. The minimum absolute atomic E-state index is 0.460. The summed E-state index contributed by atoms with van der Waals surface area (Å²) in [6.07, 6.45) is 0. The number of hydrogen-bond donors (Lipinski definition) is 0. The Morgan fingerprint density at radius 1 is 1.17 bits per heavy atom. The Morgan fingerprint density at radius 3 is 2.61 bits per heavy atom. The van der Waals surface area contributed by atoms with Crippen molar-refractivity contribution in [2.75, 3.05) is 37.8 Å². The van der Waals surface area contributed by atoms with Crippen molar-refractivity contribution in [3.8, 4) is 11.4 Å². The predicted molar refractivity (Wildman–Crippen MR) is 89.0 cm³/mol. The van der Waals surface area contributed by atoms with Crippen LogP contribution in [0.15, 0.2) is 36.9 Å². The number of rotatable bonds is 5. The number of benzene rings is 1. The van der Waals surface area contributed by atoms with Gasteiger partial charge in [-0.15, -0.1) is 0 Å². The van der Waals surface area contributed by atoms with E-state index in [2.05, 4.69) is 26.4 Å². The molecule has 0 aliphatic carbocycles. The molecule has 6 heteroatoms. The van der Waals surface area contributed by atoms with Gasteiger partial charge in [-0.3, -0.25) is 0 Å². The lowest BCUT2D eigenvalue weighted by molar-refractivity contribution is 0.122. The van der Waals surface area contributed by atoms with E-state index < -0.39 is 0 Å². The second-order valence-electron chi connectivity index (χ2n) is 5.10. The molecule has 1 fully saturated rings. The van der Waals surface area contributed by atoms with Gasteiger partial charge >= 0.3 is 0 Å². The molecule has 1 aliphatic heterocycles. The lowest BCUT2D eigenvalue weighted by Gasteiger charge is -2.27. The fourth-order valence-corrected chi connectivity index (χ4v) is 2.35. The Labute approximate surface area is 135 Å². The zero-order valence-electron chi connectivity index (χ0n) is 13.2. The van der Waals surface area contributed by atoms with E-state index in [1.807, 2.05) is 37.3 Å². The molecule has 0 atom stereocenters. The van der Waals surface area contributed by atoms with E-state index in [-0.39, 0.29) is 0 Å². The second kappa shape index (κ2) is 7.19. The monoisotopic (exact) mass is 312 g/mol. The Bertz CT molecular complexity index is 670. The van der Waals surface area contributed by atoms with E-state index in [0.29, 0.717) is 43.2 Å². The van der Waals surface area contributed by atoms with Crippen molar-refractivity contribution in [3.63, 3.8) is 0 Å². The lowest BCUT2D eigenvalue weighted by atomic mass is 10.2. The van der Waals surface area contributed by atoms with E-state index >= 15 is 0 Å². The van der Waals surface area contributed by atoms with E-state index in [4.69, 9.17) is 9.47 Å². The minimum atomic E-state index is 0.460. The number of nitrogens with zero attached hydrogens (tertiary/aromatic N) is 4. The van der Waals surface area contributed by atoms with E-state index in [1.165, 1.54) is 0 Å². The Balaban J connectivity index is 2.01.